The zero-order valence-electron chi connectivity index (χ0n) is 14.2. The van der Waals surface area contributed by atoms with Gasteiger partial charge in [0, 0.05) is 32.0 Å². The Morgan fingerprint density at radius 3 is 2.59 bits per heavy atom. The van der Waals surface area contributed by atoms with Gasteiger partial charge in [0.25, 0.3) is 0 Å². The van der Waals surface area contributed by atoms with Gasteiger partial charge in [0.2, 0.25) is 0 Å². The summed E-state index contributed by atoms with van der Waals surface area (Å²) >= 11 is 0. The quantitative estimate of drug-likeness (QED) is 0.809. The molecule has 1 aromatic carbocycles. The zero-order valence-corrected chi connectivity index (χ0v) is 14.2. The first-order valence-electron chi connectivity index (χ1n) is 7.62. The van der Waals surface area contributed by atoms with Crippen LogP contribution in [-0.4, -0.2) is 31.5 Å². The molecule has 1 unspecified atom stereocenters. The molecule has 0 saturated heterocycles. The first kappa shape index (κ1) is 18.3. The Bertz CT molecular complexity index is 469. The Labute approximate surface area is 133 Å². The molecule has 1 rings (SSSR count). The number of amides is 1. The van der Waals surface area contributed by atoms with E-state index in [0.29, 0.717) is 19.2 Å². The second kappa shape index (κ2) is 8.63. The van der Waals surface area contributed by atoms with Crippen LogP contribution < -0.4 is 10.6 Å². The summed E-state index contributed by atoms with van der Waals surface area (Å²) in [5.74, 6) is 0. The van der Waals surface area contributed by atoms with E-state index in [0.717, 1.165) is 17.7 Å². The van der Waals surface area contributed by atoms with Crippen LogP contribution in [0.4, 0.5) is 10.5 Å². The molecule has 0 spiro atoms. The Morgan fingerprint density at radius 2 is 1.95 bits per heavy atom. The molecule has 0 radical (unpaired) electrons. The van der Waals surface area contributed by atoms with Crippen LogP contribution in [-0.2, 0) is 16.0 Å². The average molecular weight is 308 g/mol. The predicted molar refractivity (Wildman–Crippen MR) is 89.1 cm³/mol. The predicted octanol–water partition coefficient (Wildman–Crippen LogP) is 3.55. The number of carbonyl (C=O) groups excluding carboxylic acids is 1. The van der Waals surface area contributed by atoms with Crippen molar-refractivity contribution in [2.24, 2.45) is 0 Å². The largest absolute Gasteiger partial charge is 0.444 e. The highest BCUT2D eigenvalue weighted by molar-refractivity contribution is 5.68. The topological polar surface area (TPSA) is 59.6 Å². The number of alkyl carbamates (subject to hydrolysis) is 1. The van der Waals surface area contributed by atoms with E-state index in [1.807, 2.05) is 45.0 Å². The molecule has 1 amide bonds. The Hall–Kier alpha value is -1.75. The normalized spacial score (nSPS) is 12.6. The molecule has 0 aliphatic rings. The first-order chi connectivity index (χ1) is 10.3. The molecular formula is C17H28N2O3. The third-order valence-corrected chi connectivity index (χ3v) is 3.00. The molecule has 0 saturated carbocycles. The monoisotopic (exact) mass is 308 g/mol. The maximum absolute atomic E-state index is 11.7. The molecular weight excluding hydrogens is 280 g/mol. The maximum Gasteiger partial charge on any atom is 0.407 e. The number of rotatable bonds is 7. The molecule has 22 heavy (non-hydrogen) atoms. The lowest BCUT2D eigenvalue weighted by molar-refractivity contribution is 0.0523. The summed E-state index contributed by atoms with van der Waals surface area (Å²) in [5, 5.41) is 6.23. The Balaban J connectivity index is 2.58. The van der Waals surface area contributed by atoms with E-state index >= 15 is 0 Å². The van der Waals surface area contributed by atoms with Gasteiger partial charge in [-0.15, -0.1) is 0 Å². The van der Waals surface area contributed by atoms with Crippen LogP contribution >= 0.6 is 0 Å². The molecule has 0 bridgehead atoms. The molecule has 5 nitrogen and oxygen atoms in total. The smallest absolute Gasteiger partial charge is 0.407 e. The number of ether oxygens (including phenoxy) is 2. The molecule has 2 N–H and O–H groups in total. The minimum atomic E-state index is -0.490. The molecule has 5 heteroatoms. The lowest BCUT2D eigenvalue weighted by Gasteiger charge is -2.21. The van der Waals surface area contributed by atoms with Gasteiger partial charge in [-0.25, -0.2) is 4.79 Å². The molecule has 0 fully saturated rings. The van der Waals surface area contributed by atoms with Crippen molar-refractivity contribution in [2.45, 2.75) is 52.3 Å². The van der Waals surface area contributed by atoms with Crippen molar-refractivity contribution in [3.05, 3.63) is 29.8 Å². The molecule has 124 valence electrons. The number of hydrogen-bond donors (Lipinski definition) is 2. The van der Waals surface area contributed by atoms with E-state index < -0.39 is 11.7 Å². The fourth-order valence-corrected chi connectivity index (χ4v) is 1.93. The summed E-state index contributed by atoms with van der Waals surface area (Å²) < 4.78 is 10.3. The fourth-order valence-electron chi connectivity index (χ4n) is 1.93. The molecule has 0 aromatic heterocycles. The zero-order chi connectivity index (χ0) is 16.6. The number of nitrogens with one attached hydrogen (secondary N) is 2. The second-order valence-corrected chi connectivity index (χ2v) is 6.34. The van der Waals surface area contributed by atoms with Crippen molar-refractivity contribution in [3.8, 4) is 0 Å². The SMILES string of the molecule is COCCC(C)Nc1ccccc1CNC(=O)OC(C)(C)C. The van der Waals surface area contributed by atoms with E-state index in [9.17, 15) is 4.79 Å². The number of carbonyl (C=O) groups is 1. The number of methoxy groups -OCH3 is 1. The number of para-hydroxylation sites is 1. The van der Waals surface area contributed by atoms with Crippen LogP contribution in [0.2, 0.25) is 0 Å². The summed E-state index contributed by atoms with van der Waals surface area (Å²) in [6.07, 6.45) is 0.513. The van der Waals surface area contributed by atoms with E-state index in [1.54, 1.807) is 7.11 Å². The summed E-state index contributed by atoms with van der Waals surface area (Å²) in [5.41, 5.74) is 1.55. The number of anilines is 1. The van der Waals surface area contributed by atoms with Gasteiger partial charge < -0.3 is 20.1 Å². The van der Waals surface area contributed by atoms with Crippen LogP contribution in [0.1, 0.15) is 39.7 Å². The van der Waals surface area contributed by atoms with Crippen LogP contribution in [0.25, 0.3) is 0 Å². The molecule has 1 atom stereocenters. The molecule has 0 aliphatic heterocycles. The van der Waals surface area contributed by atoms with E-state index in [-0.39, 0.29) is 0 Å². The lowest BCUT2D eigenvalue weighted by Crippen LogP contribution is -2.32. The van der Waals surface area contributed by atoms with Gasteiger partial charge in [0.1, 0.15) is 5.60 Å². The van der Waals surface area contributed by atoms with Crippen molar-refractivity contribution in [1.82, 2.24) is 5.32 Å². The summed E-state index contributed by atoms with van der Waals surface area (Å²) in [4.78, 5) is 11.7. The van der Waals surface area contributed by atoms with Crippen molar-refractivity contribution in [3.63, 3.8) is 0 Å². The van der Waals surface area contributed by atoms with Crippen LogP contribution in [0, 0.1) is 0 Å². The van der Waals surface area contributed by atoms with Gasteiger partial charge in [0.05, 0.1) is 0 Å². The van der Waals surface area contributed by atoms with E-state index in [4.69, 9.17) is 9.47 Å². The van der Waals surface area contributed by atoms with E-state index in [1.165, 1.54) is 0 Å². The van der Waals surface area contributed by atoms with Crippen LogP contribution in [0.5, 0.6) is 0 Å². The van der Waals surface area contributed by atoms with Gasteiger partial charge in [0.15, 0.2) is 0 Å². The highest BCUT2D eigenvalue weighted by Crippen LogP contribution is 2.17. The fraction of sp³-hybridized carbons (Fsp3) is 0.588. The van der Waals surface area contributed by atoms with Crippen LogP contribution in [0.15, 0.2) is 24.3 Å². The maximum atomic E-state index is 11.7. The summed E-state index contributed by atoms with van der Waals surface area (Å²) in [6, 6.07) is 8.22. The molecule has 0 aliphatic carbocycles. The first-order valence-corrected chi connectivity index (χ1v) is 7.62. The van der Waals surface area contributed by atoms with E-state index in [2.05, 4.69) is 17.6 Å². The number of benzene rings is 1. The number of hydrogen-bond acceptors (Lipinski definition) is 4. The van der Waals surface area contributed by atoms with Gasteiger partial charge in [-0.3, -0.25) is 0 Å². The van der Waals surface area contributed by atoms with Crippen molar-refractivity contribution >= 4 is 11.8 Å². The van der Waals surface area contributed by atoms with Gasteiger partial charge in [-0.2, -0.15) is 0 Å². The lowest BCUT2D eigenvalue weighted by atomic mass is 10.1. The highest BCUT2D eigenvalue weighted by atomic mass is 16.6. The molecule has 0 heterocycles. The van der Waals surface area contributed by atoms with Crippen molar-refractivity contribution in [1.29, 1.82) is 0 Å². The Morgan fingerprint density at radius 1 is 1.27 bits per heavy atom. The minimum absolute atomic E-state index is 0.294. The van der Waals surface area contributed by atoms with Crippen molar-refractivity contribution in [2.75, 3.05) is 19.0 Å². The van der Waals surface area contributed by atoms with Gasteiger partial charge in [-0.1, -0.05) is 18.2 Å². The third kappa shape index (κ3) is 7.31. The van der Waals surface area contributed by atoms with Crippen molar-refractivity contribution < 1.29 is 14.3 Å². The van der Waals surface area contributed by atoms with Crippen LogP contribution in [0.3, 0.4) is 0 Å². The highest BCUT2D eigenvalue weighted by Gasteiger charge is 2.16. The molecule has 1 aromatic rings. The van der Waals surface area contributed by atoms with Gasteiger partial charge in [-0.05, 0) is 45.7 Å². The second-order valence-electron chi connectivity index (χ2n) is 6.34. The minimum Gasteiger partial charge on any atom is -0.444 e. The summed E-state index contributed by atoms with van der Waals surface area (Å²) in [7, 11) is 1.70. The van der Waals surface area contributed by atoms with Gasteiger partial charge >= 0.3 is 6.09 Å². The average Bonchev–Trinajstić information content (AvgIpc) is 2.42. The Kier molecular flexibility index (Phi) is 7.18. The summed E-state index contributed by atoms with van der Waals surface area (Å²) in [6.45, 7) is 8.79. The standard InChI is InChI=1S/C17H28N2O3/c1-13(10-11-21-5)19-15-9-7-6-8-14(15)12-18-16(20)22-17(2,3)4/h6-9,13,19H,10-12H2,1-5H3,(H,18,20). The third-order valence-electron chi connectivity index (χ3n) is 3.00.